The topological polar surface area (TPSA) is 61.4 Å². The van der Waals surface area contributed by atoms with Crippen LogP contribution in [0.5, 0.6) is 0 Å². The van der Waals surface area contributed by atoms with Gasteiger partial charge in [0.25, 0.3) is 0 Å². The second kappa shape index (κ2) is 5.18. The van der Waals surface area contributed by atoms with Gasteiger partial charge in [-0.1, -0.05) is 6.42 Å². The molecule has 3 N–H and O–H groups in total. The normalized spacial score (nSPS) is 34.3. The summed E-state index contributed by atoms with van der Waals surface area (Å²) in [5.41, 5.74) is 0. The summed E-state index contributed by atoms with van der Waals surface area (Å²) < 4.78 is 0. The molecule has 3 atom stereocenters. The zero-order valence-electron chi connectivity index (χ0n) is 8.74. The van der Waals surface area contributed by atoms with Gasteiger partial charge in [-0.15, -0.1) is 0 Å². The van der Waals surface area contributed by atoms with Gasteiger partial charge in [-0.05, 0) is 12.8 Å². The number of hydrogen-bond donors (Lipinski definition) is 3. The lowest BCUT2D eigenvalue weighted by Crippen LogP contribution is -2.36. The Kier molecular flexibility index (Phi) is 3.88. The smallest absolute Gasteiger partial charge is 0.303 e. The lowest BCUT2D eigenvalue weighted by Gasteiger charge is -2.16. The number of thioether (sulfide) groups is 1. The quantitative estimate of drug-likeness (QED) is 0.605. The third-order valence-corrected chi connectivity index (χ3v) is 4.66. The summed E-state index contributed by atoms with van der Waals surface area (Å²) in [7, 11) is 0. The Morgan fingerprint density at radius 2 is 2.27 bits per heavy atom. The van der Waals surface area contributed by atoms with Crippen LogP contribution in [0.3, 0.4) is 0 Å². The molecule has 0 aliphatic carbocycles. The number of rotatable bonds is 5. The van der Waals surface area contributed by atoms with E-state index in [1.165, 1.54) is 5.75 Å². The summed E-state index contributed by atoms with van der Waals surface area (Å²) in [6.45, 7) is 0.932. The monoisotopic (exact) mass is 230 g/mol. The fourth-order valence-electron chi connectivity index (χ4n) is 2.35. The fraction of sp³-hybridized carbons (Fsp3) is 0.900. The molecular weight excluding hydrogens is 212 g/mol. The van der Waals surface area contributed by atoms with Crippen molar-refractivity contribution in [2.45, 2.75) is 43.0 Å². The van der Waals surface area contributed by atoms with Crippen molar-refractivity contribution >= 4 is 17.7 Å². The third-order valence-electron chi connectivity index (χ3n) is 3.16. The molecule has 2 aliphatic heterocycles. The molecule has 86 valence electrons. The second-order valence-corrected chi connectivity index (χ2v) is 5.50. The van der Waals surface area contributed by atoms with Crippen molar-refractivity contribution in [1.29, 1.82) is 0 Å². The van der Waals surface area contributed by atoms with Crippen LogP contribution < -0.4 is 10.6 Å². The van der Waals surface area contributed by atoms with Crippen LogP contribution in [-0.2, 0) is 4.79 Å². The van der Waals surface area contributed by atoms with Crippen molar-refractivity contribution < 1.29 is 9.90 Å². The summed E-state index contributed by atoms with van der Waals surface area (Å²) in [6, 6.07) is 1.25. The Morgan fingerprint density at radius 1 is 1.40 bits per heavy atom. The predicted octanol–water partition coefficient (Wildman–Crippen LogP) is 0.634. The van der Waals surface area contributed by atoms with Crippen molar-refractivity contribution in [3.63, 3.8) is 0 Å². The van der Waals surface area contributed by atoms with E-state index in [2.05, 4.69) is 10.6 Å². The molecule has 0 aromatic heterocycles. The molecule has 2 aliphatic rings. The Bertz CT molecular complexity index is 237. The van der Waals surface area contributed by atoms with Gasteiger partial charge in [-0.2, -0.15) is 11.8 Å². The van der Waals surface area contributed by atoms with Crippen LogP contribution in [0.15, 0.2) is 0 Å². The molecule has 0 aromatic rings. The van der Waals surface area contributed by atoms with Crippen LogP contribution in [0.25, 0.3) is 0 Å². The number of fused-ring (bicyclic) bond motifs is 1. The first-order chi connectivity index (χ1) is 7.27. The molecule has 2 saturated heterocycles. The van der Waals surface area contributed by atoms with E-state index in [4.69, 9.17) is 5.11 Å². The summed E-state index contributed by atoms with van der Waals surface area (Å²) >= 11 is 2.02. The maximum absolute atomic E-state index is 10.4. The molecule has 0 spiro atoms. The van der Waals surface area contributed by atoms with Crippen LogP contribution in [-0.4, -0.2) is 40.8 Å². The van der Waals surface area contributed by atoms with Crippen LogP contribution in [0, 0.1) is 0 Å². The van der Waals surface area contributed by atoms with Crippen LogP contribution in [0.1, 0.15) is 25.7 Å². The van der Waals surface area contributed by atoms with Gasteiger partial charge in [0, 0.05) is 36.2 Å². The maximum atomic E-state index is 10.4. The zero-order valence-corrected chi connectivity index (χ0v) is 9.55. The molecule has 4 nitrogen and oxygen atoms in total. The molecule has 5 heteroatoms. The highest BCUT2D eigenvalue weighted by Gasteiger charge is 2.38. The van der Waals surface area contributed by atoms with Crippen LogP contribution >= 0.6 is 11.8 Å². The average molecular weight is 230 g/mol. The zero-order chi connectivity index (χ0) is 10.7. The van der Waals surface area contributed by atoms with E-state index >= 15 is 0 Å². The van der Waals surface area contributed by atoms with E-state index < -0.39 is 5.97 Å². The molecule has 2 fully saturated rings. The minimum atomic E-state index is -0.674. The number of nitrogens with one attached hydrogen (secondary N) is 2. The number of hydrogen-bond acceptors (Lipinski definition) is 4. The SMILES string of the molecule is O=C(O)CCCC[C@@H]1SC[C@@H]2NCN[C@@H]21. The van der Waals surface area contributed by atoms with E-state index in [1.54, 1.807) is 0 Å². The molecule has 15 heavy (non-hydrogen) atoms. The van der Waals surface area contributed by atoms with Crippen molar-refractivity contribution in [2.75, 3.05) is 12.4 Å². The summed E-state index contributed by atoms with van der Waals surface area (Å²) in [5.74, 6) is 0.522. The molecular formula is C10H18N2O2S. The lowest BCUT2D eigenvalue weighted by atomic mass is 10.0. The highest BCUT2D eigenvalue weighted by molar-refractivity contribution is 8.00. The highest BCUT2D eigenvalue weighted by Crippen LogP contribution is 2.32. The first-order valence-electron chi connectivity index (χ1n) is 5.57. The largest absolute Gasteiger partial charge is 0.481 e. The van der Waals surface area contributed by atoms with Crippen LogP contribution in [0.4, 0.5) is 0 Å². The summed E-state index contributed by atoms with van der Waals surface area (Å²) in [6.07, 6.45) is 3.32. The minimum absolute atomic E-state index is 0.317. The van der Waals surface area contributed by atoms with Gasteiger partial charge < -0.3 is 5.11 Å². The number of aliphatic carboxylic acids is 1. The fourth-order valence-corrected chi connectivity index (χ4v) is 3.95. The molecule has 0 unspecified atom stereocenters. The maximum Gasteiger partial charge on any atom is 0.303 e. The molecule has 2 rings (SSSR count). The first-order valence-corrected chi connectivity index (χ1v) is 6.62. The minimum Gasteiger partial charge on any atom is -0.481 e. The lowest BCUT2D eigenvalue weighted by molar-refractivity contribution is -0.137. The van der Waals surface area contributed by atoms with Crippen molar-refractivity contribution in [1.82, 2.24) is 10.6 Å². The van der Waals surface area contributed by atoms with Crippen molar-refractivity contribution in [2.24, 2.45) is 0 Å². The van der Waals surface area contributed by atoms with E-state index in [9.17, 15) is 4.79 Å². The molecule has 0 amide bonds. The average Bonchev–Trinajstić information content (AvgIpc) is 2.74. The molecule has 0 saturated carbocycles. The van der Waals surface area contributed by atoms with Gasteiger partial charge in [0.1, 0.15) is 0 Å². The molecule has 0 bridgehead atoms. The van der Waals surface area contributed by atoms with E-state index in [0.29, 0.717) is 23.8 Å². The number of unbranched alkanes of at least 4 members (excludes halogenated alkanes) is 1. The van der Waals surface area contributed by atoms with Gasteiger partial charge >= 0.3 is 5.97 Å². The van der Waals surface area contributed by atoms with E-state index in [0.717, 1.165) is 25.9 Å². The summed E-state index contributed by atoms with van der Waals surface area (Å²) in [5, 5.41) is 16.1. The van der Waals surface area contributed by atoms with Gasteiger partial charge in [0.2, 0.25) is 0 Å². The van der Waals surface area contributed by atoms with Crippen molar-refractivity contribution in [3.8, 4) is 0 Å². The second-order valence-electron chi connectivity index (χ2n) is 4.23. The van der Waals surface area contributed by atoms with Crippen molar-refractivity contribution in [3.05, 3.63) is 0 Å². The Balaban J connectivity index is 1.65. The van der Waals surface area contributed by atoms with Gasteiger partial charge in [-0.3, -0.25) is 15.4 Å². The number of carbonyl (C=O) groups is 1. The molecule has 2 heterocycles. The Morgan fingerprint density at radius 3 is 3.07 bits per heavy atom. The van der Waals surface area contributed by atoms with Gasteiger partial charge in [0.05, 0.1) is 0 Å². The van der Waals surface area contributed by atoms with E-state index in [1.807, 2.05) is 11.8 Å². The Labute approximate surface area is 94.2 Å². The highest BCUT2D eigenvalue weighted by atomic mass is 32.2. The molecule has 0 radical (unpaired) electrons. The van der Waals surface area contributed by atoms with Crippen LogP contribution in [0.2, 0.25) is 0 Å². The number of carboxylic acid groups (broad SMARTS) is 1. The summed E-state index contributed by atoms with van der Waals surface area (Å²) in [4.78, 5) is 10.4. The predicted molar refractivity (Wildman–Crippen MR) is 61.1 cm³/mol. The van der Waals surface area contributed by atoms with Gasteiger partial charge in [-0.25, -0.2) is 0 Å². The third kappa shape index (κ3) is 2.86. The standard InChI is InChI=1S/C10H18N2O2S/c13-9(14)4-2-1-3-8-10-7(5-15-8)11-6-12-10/h7-8,10-12H,1-6H2,(H,13,14)/t7-,8-,10-/m0/s1. The Hall–Kier alpha value is -0.260. The molecule has 0 aromatic carbocycles. The van der Waals surface area contributed by atoms with Gasteiger partial charge in [0.15, 0.2) is 0 Å². The number of carboxylic acids is 1. The first kappa shape index (κ1) is 11.2. The van der Waals surface area contributed by atoms with E-state index in [-0.39, 0.29) is 0 Å².